The molecule has 0 unspecified atom stereocenters. The first-order chi connectivity index (χ1) is 11.0. The smallest absolute Gasteiger partial charge is 0.331 e. The minimum atomic E-state index is -0.743. The van der Waals surface area contributed by atoms with Crippen LogP contribution < -0.4 is 5.32 Å². The van der Waals surface area contributed by atoms with E-state index in [2.05, 4.69) is 21.2 Å². The molecule has 1 aromatic carbocycles. The number of likely N-dealkylation sites (N-methyl/N-ethyl adjacent to an activating group) is 1. The number of carbonyl (C=O) groups excluding carboxylic acids is 3. The van der Waals surface area contributed by atoms with Gasteiger partial charge in [-0.15, -0.1) is 0 Å². The lowest BCUT2D eigenvalue weighted by atomic mass is 10.1. The summed E-state index contributed by atoms with van der Waals surface area (Å²) in [5, 5.41) is 2.09. The van der Waals surface area contributed by atoms with E-state index >= 15 is 0 Å². The second kappa shape index (κ2) is 5.85. The Morgan fingerprint density at radius 2 is 1.78 bits per heavy atom. The van der Waals surface area contributed by atoms with Gasteiger partial charge in [0.2, 0.25) is 0 Å². The number of halogens is 1. The number of furan rings is 1. The first-order valence-electron chi connectivity index (χ1n) is 6.66. The fraction of sp³-hybridized carbons (Fsp3) is 0.0625. The van der Waals surface area contributed by atoms with Crippen LogP contribution in [0.5, 0.6) is 0 Å². The van der Waals surface area contributed by atoms with Crippen LogP contribution in [0, 0.1) is 0 Å². The van der Waals surface area contributed by atoms with Crippen LogP contribution in [0.15, 0.2) is 50.9 Å². The standard InChI is InChI=1S/C16H11BrN2O4/c1-19-15(21)12(14(20)18-16(19)22)8-11-6-7-13(23-11)9-2-4-10(17)5-3-9/h2-8H,1H3,(H,18,20,22)/b12-8-. The lowest BCUT2D eigenvalue weighted by Gasteiger charge is -2.21. The molecule has 0 atom stereocenters. The highest BCUT2D eigenvalue weighted by Gasteiger charge is 2.33. The van der Waals surface area contributed by atoms with Gasteiger partial charge in [0.05, 0.1) is 0 Å². The average Bonchev–Trinajstić information content (AvgIpc) is 2.99. The molecule has 23 heavy (non-hydrogen) atoms. The van der Waals surface area contributed by atoms with Gasteiger partial charge in [0, 0.05) is 17.1 Å². The molecule has 1 fully saturated rings. The van der Waals surface area contributed by atoms with Gasteiger partial charge in [0.15, 0.2) is 0 Å². The summed E-state index contributed by atoms with van der Waals surface area (Å²) in [7, 11) is 1.30. The lowest BCUT2D eigenvalue weighted by molar-refractivity contribution is -0.129. The Labute approximate surface area is 139 Å². The Morgan fingerprint density at radius 1 is 1.09 bits per heavy atom. The maximum absolute atomic E-state index is 12.0. The van der Waals surface area contributed by atoms with E-state index in [1.807, 2.05) is 24.3 Å². The molecule has 6 nitrogen and oxygen atoms in total. The molecule has 0 radical (unpaired) electrons. The third-order valence-corrected chi connectivity index (χ3v) is 3.88. The molecule has 4 amide bonds. The summed E-state index contributed by atoms with van der Waals surface area (Å²) in [6, 6.07) is 10.2. The quantitative estimate of drug-likeness (QED) is 0.647. The van der Waals surface area contributed by atoms with E-state index < -0.39 is 17.8 Å². The van der Waals surface area contributed by atoms with E-state index in [4.69, 9.17) is 4.42 Å². The van der Waals surface area contributed by atoms with E-state index in [1.54, 1.807) is 12.1 Å². The van der Waals surface area contributed by atoms with E-state index in [0.29, 0.717) is 11.5 Å². The van der Waals surface area contributed by atoms with Crippen LogP contribution in [0.4, 0.5) is 4.79 Å². The monoisotopic (exact) mass is 374 g/mol. The fourth-order valence-electron chi connectivity index (χ4n) is 2.09. The number of nitrogens with one attached hydrogen (secondary N) is 1. The lowest BCUT2D eigenvalue weighted by Crippen LogP contribution is -2.52. The second-order valence-electron chi connectivity index (χ2n) is 4.89. The molecule has 1 N–H and O–H groups in total. The molecule has 2 aromatic rings. The predicted octanol–water partition coefficient (Wildman–Crippen LogP) is 2.80. The number of hydrogen-bond donors (Lipinski definition) is 1. The summed E-state index contributed by atoms with van der Waals surface area (Å²) in [6.45, 7) is 0. The molecule has 1 aromatic heterocycles. The molecule has 3 rings (SSSR count). The molecule has 0 bridgehead atoms. The Bertz CT molecular complexity index is 836. The van der Waals surface area contributed by atoms with Crippen LogP contribution in [0.1, 0.15) is 5.76 Å². The van der Waals surface area contributed by atoms with Gasteiger partial charge in [-0.3, -0.25) is 19.8 Å². The van der Waals surface area contributed by atoms with Gasteiger partial charge in [-0.25, -0.2) is 4.79 Å². The molecule has 1 aliphatic heterocycles. The van der Waals surface area contributed by atoms with Crippen molar-refractivity contribution in [3.63, 3.8) is 0 Å². The average molecular weight is 375 g/mol. The maximum Gasteiger partial charge on any atom is 0.331 e. The summed E-state index contributed by atoms with van der Waals surface area (Å²) in [5.41, 5.74) is 0.716. The van der Waals surface area contributed by atoms with Crippen LogP contribution in [0.2, 0.25) is 0 Å². The SMILES string of the molecule is CN1C(=O)NC(=O)/C(=C/c2ccc(-c3ccc(Br)cc3)o2)C1=O. The van der Waals surface area contributed by atoms with E-state index in [9.17, 15) is 14.4 Å². The molecule has 116 valence electrons. The molecule has 0 aliphatic carbocycles. The van der Waals surface area contributed by atoms with Crippen molar-refractivity contribution in [2.24, 2.45) is 0 Å². The first-order valence-corrected chi connectivity index (χ1v) is 7.46. The molecular formula is C16H11BrN2O4. The maximum atomic E-state index is 12.0. The molecule has 7 heteroatoms. The van der Waals surface area contributed by atoms with Gasteiger partial charge >= 0.3 is 6.03 Å². The zero-order valence-electron chi connectivity index (χ0n) is 12.0. The van der Waals surface area contributed by atoms with E-state index in [1.165, 1.54) is 13.1 Å². The molecule has 2 heterocycles. The normalized spacial score (nSPS) is 16.9. The van der Waals surface area contributed by atoms with Crippen LogP contribution in [0.25, 0.3) is 17.4 Å². The number of amides is 4. The molecule has 0 saturated carbocycles. The third-order valence-electron chi connectivity index (χ3n) is 3.35. The van der Waals surface area contributed by atoms with Gasteiger partial charge in [0.1, 0.15) is 17.1 Å². The number of nitrogens with zero attached hydrogens (tertiary/aromatic N) is 1. The van der Waals surface area contributed by atoms with Crippen molar-refractivity contribution in [2.75, 3.05) is 7.05 Å². The van der Waals surface area contributed by atoms with Crippen molar-refractivity contribution in [3.05, 3.63) is 52.2 Å². The highest BCUT2D eigenvalue weighted by molar-refractivity contribution is 9.10. The molecule has 1 aliphatic rings. The summed E-state index contributed by atoms with van der Waals surface area (Å²) in [5.74, 6) is -0.443. The number of hydrogen-bond acceptors (Lipinski definition) is 4. The molecule has 1 saturated heterocycles. The van der Waals surface area contributed by atoms with Crippen molar-refractivity contribution >= 4 is 39.9 Å². The summed E-state index contributed by atoms with van der Waals surface area (Å²) in [4.78, 5) is 36.0. The van der Waals surface area contributed by atoms with Gasteiger partial charge in [-0.05, 0) is 30.3 Å². The van der Waals surface area contributed by atoms with Crippen molar-refractivity contribution in [1.82, 2.24) is 10.2 Å². The zero-order valence-corrected chi connectivity index (χ0v) is 13.6. The van der Waals surface area contributed by atoms with Crippen LogP contribution in [0.3, 0.4) is 0 Å². The van der Waals surface area contributed by atoms with Gasteiger partial charge in [-0.1, -0.05) is 28.1 Å². The fourth-order valence-corrected chi connectivity index (χ4v) is 2.35. The molecular weight excluding hydrogens is 364 g/mol. The second-order valence-corrected chi connectivity index (χ2v) is 5.81. The van der Waals surface area contributed by atoms with Crippen LogP contribution in [-0.2, 0) is 9.59 Å². The van der Waals surface area contributed by atoms with Crippen LogP contribution in [-0.4, -0.2) is 29.8 Å². The third kappa shape index (κ3) is 2.95. The molecule has 0 spiro atoms. The first kappa shape index (κ1) is 15.2. The van der Waals surface area contributed by atoms with E-state index in [0.717, 1.165) is 14.9 Å². The number of benzene rings is 1. The predicted molar refractivity (Wildman–Crippen MR) is 86.1 cm³/mol. The highest BCUT2D eigenvalue weighted by Crippen LogP contribution is 2.25. The Hall–Kier alpha value is -2.67. The van der Waals surface area contributed by atoms with Crippen molar-refractivity contribution in [3.8, 4) is 11.3 Å². The zero-order chi connectivity index (χ0) is 16.6. The highest BCUT2D eigenvalue weighted by atomic mass is 79.9. The Morgan fingerprint density at radius 3 is 2.48 bits per heavy atom. The summed E-state index contributed by atoms with van der Waals surface area (Å²) < 4.78 is 6.59. The Kier molecular flexibility index (Phi) is 3.87. The summed E-state index contributed by atoms with van der Waals surface area (Å²) in [6.07, 6.45) is 1.32. The van der Waals surface area contributed by atoms with Crippen molar-refractivity contribution in [1.29, 1.82) is 0 Å². The van der Waals surface area contributed by atoms with Crippen LogP contribution >= 0.6 is 15.9 Å². The van der Waals surface area contributed by atoms with Crippen molar-refractivity contribution in [2.45, 2.75) is 0 Å². The minimum Gasteiger partial charge on any atom is -0.457 e. The van der Waals surface area contributed by atoms with Crippen molar-refractivity contribution < 1.29 is 18.8 Å². The number of imide groups is 2. The van der Waals surface area contributed by atoms with Gasteiger partial charge in [0.25, 0.3) is 11.8 Å². The summed E-state index contributed by atoms with van der Waals surface area (Å²) >= 11 is 3.36. The minimum absolute atomic E-state index is 0.149. The van der Waals surface area contributed by atoms with Gasteiger partial charge in [-0.2, -0.15) is 0 Å². The number of carbonyl (C=O) groups is 3. The van der Waals surface area contributed by atoms with Gasteiger partial charge < -0.3 is 4.42 Å². The Balaban J connectivity index is 1.91. The largest absolute Gasteiger partial charge is 0.457 e. The topological polar surface area (TPSA) is 79.6 Å². The number of barbiturate groups is 1. The van der Waals surface area contributed by atoms with E-state index in [-0.39, 0.29) is 5.57 Å². The number of rotatable bonds is 2. The number of urea groups is 1.